The maximum atomic E-state index is 12.5. The van der Waals surface area contributed by atoms with Crippen LogP contribution in [-0.4, -0.2) is 31.9 Å². The van der Waals surface area contributed by atoms with Gasteiger partial charge in [0.2, 0.25) is 10.0 Å². The van der Waals surface area contributed by atoms with Crippen LogP contribution in [0.5, 0.6) is 0 Å². The fourth-order valence-corrected chi connectivity index (χ4v) is 3.97. The summed E-state index contributed by atoms with van der Waals surface area (Å²) in [6.07, 6.45) is 3.32. The third kappa shape index (κ3) is 4.61. The van der Waals surface area contributed by atoms with Gasteiger partial charge < -0.3 is 10.3 Å². The minimum atomic E-state index is -3.63. The smallest absolute Gasteiger partial charge is 0.251 e. The number of H-pyrrole nitrogens is 1. The number of rotatable bonds is 8. The molecular weight excluding hydrogens is 374 g/mol. The number of carbonyl (C=O) groups excluding carboxylic acids is 1. The number of benzene rings is 2. The molecule has 0 radical (unpaired) electrons. The van der Waals surface area contributed by atoms with Crippen LogP contribution in [-0.2, 0) is 16.4 Å². The summed E-state index contributed by atoms with van der Waals surface area (Å²) in [7, 11) is -3.63. The van der Waals surface area contributed by atoms with Gasteiger partial charge >= 0.3 is 0 Å². The van der Waals surface area contributed by atoms with E-state index in [4.69, 9.17) is 0 Å². The fourth-order valence-electron chi connectivity index (χ4n) is 2.94. The second-order valence-electron chi connectivity index (χ2n) is 6.81. The lowest BCUT2D eigenvalue weighted by Crippen LogP contribution is -2.32. The Morgan fingerprint density at radius 2 is 1.82 bits per heavy atom. The zero-order chi connectivity index (χ0) is 20.1. The Bertz CT molecular complexity index is 1060. The zero-order valence-corrected chi connectivity index (χ0v) is 16.8. The number of aromatic nitrogens is 1. The Morgan fingerprint density at radius 3 is 2.54 bits per heavy atom. The van der Waals surface area contributed by atoms with Gasteiger partial charge in [-0.15, -0.1) is 0 Å². The van der Waals surface area contributed by atoms with Crippen molar-refractivity contribution in [3.63, 3.8) is 0 Å². The summed E-state index contributed by atoms with van der Waals surface area (Å²) in [5.41, 5.74) is 2.54. The summed E-state index contributed by atoms with van der Waals surface area (Å²) in [6, 6.07) is 14.0. The van der Waals surface area contributed by atoms with Crippen molar-refractivity contribution in [2.75, 3.05) is 6.54 Å². The van der Waals surface area contributed by atoms with Crippen molar-refractivity contribution in [3.8, 4) is 0 Å². The summed E-state index contributed by atoms with van der Waals surface area (Å²) in [4.78, 5) is 15.4. The lowest BCUT2D eigenvalue weighted by molar-refractivity contribution is 0.0939. The molecule has 0 saturated heterocycles. The molecule has 3 aromatic rings. The van der Waals surface area contributed by atoms with Crippen LogP contribution in [0, 0.1) is 0 Å². The third-order valence-corrected chi connectivity index (χ3v) is 6.25. The van der Waals surface area contributed by atoms with Crippen LogP contribution < -0.4 is 10.0 Å². The SMILES string of the molecule is CCC(C)NC(=O)c1ccc(S(=O)(=O)NCCc2c[nH]c3ccccc23)cc1. The van der Waals surface area contributed by atoms with Crippen molar-refractivity contribution >= 4 is 26.8 Å². The second-order valence-corrected chi connectivity index (χ2v) is 8.58. The van der Waals surface area contributed by atoms with E-state index in [-0.39, 0.29) is 16.8 Å². The Kier molecular flexibility index (Phi) is 6.16. The number of hydrogen-bond donors (Lipinski definition) is 3. The van der Waals surface area contributed by atoms with Gasteiger partial charge in [0.15, 0.2) is 0 Å². The number of carbonyl (C=O) groups is 1. The lowest BCUT2D eigenvalue weighted by Gasteiger charge is -2.12. The molecule has 0 aliphatic heterocycles. The molecule has 0 saturated carbocycles. The van der Waals surface area contributed by atoms with Gasteiger partial charge in [-0.05, 0) is 55.7 Å². The number of aromatic amines is 1. The highest BCUT2D eigenvalue weighted by atomic mass is 32.2. The molecule has 3 rings (SSSR count). The van der Waals surface area contributed by atoms with E-state index in [9.17, 15) is 13.2 Å². The molecule has 0 bridgehead atoms. The molecule has 7 heteroatoms. The van der Waals surface area contributed by atoms with Gasteiger partial charge in [-0.3, -0.25) is 4.79 Å². The van der Waals surface area contributed by atoms with Gasteiger partial charge in [0.05, 0.1) is 4.90 Å². The number of sulfonamides is 1. The van der Waals surface area contributed by atoms with Crippen molar-refractivity contribution in [1.82, 2.24) is 15.0 Å². The Hall–Kier alpha value is -2.64. The van der Waals surface area contributed by atoms with Crippen LogP contribution in [0.1, 0.15) is 36.2 Å². The fraction of sp³-hybridized carbons (Fsp3) is 0.286. The Morgan fingerprint density at radius 1 is 1.11 bits per heavy atom. The molecule has 0 aliphatic carbocycles. The third-order valence-electron chi connectivity index (χ3n) is 4.78. The van der Waals surface area contributed by atoms with Crippen LogP contribution in [0.25, 0.3) is 10.9 Å². The predicted octanol–water partition coefficient (Wildman–Crippen LogP) is 3.22. The van der Waals surface area contributed by atoms with Gasteiger partial charge in [-0.2, -0.15) is 0 Å². The molecule has 28 heavy (non-hydrogen) atoms. The van der Waals surface area contributed by atoms with E-state index in [0.29, 0.717) is 18.5 Å². The molecule has 6 nitrogen and oxygen atoms in total. The largest absolute Gasteiger partial charge is 0.361 e. The molecule has 1 heterocycles. The lowest BCUT2D eigenvalue weighted by atomic mass is 10.1. The van der Waals surface area contributed by atoms with Crippen LogP contribution in [0.4, 0.5) is 0 Å². The van der Waals surface area contributed by atoms with Gasteiger partial charge in [-0.1, -0.05) is 25.1 Å². The molecule has 2 aromatic carbocycles. The first-order valence-electron chi connectivity index (χ1n) is 9.36. The first-order chi connectivity index (χ1) is 13.4. The van der Waals surface area contributed by atoms with Crippen LogP contribution in [0.15, 0.2) is 59.6 Å². The van der Waals surface area contributed by atoms with Crippen molar-refractivity contribution in [2.45, 2.75) is 37.6 Å². The topological polar surface area (TPSA) is 91.1 Å². The molecule has 0 aliphatic rings. The molecule has 148 valence electrons. The van der Waals surface area contributed by atoms with Crippen LogP contribution in [0.2, 0.25) is 0 Å². The maximum Gasteiger partial charge on any atom is 0.251 e. The van der Waals surface area contributed by atoms with Crippen molar-refractivity contribution in [1.29, 1.82) is 0 Å². The van der Waals surface area contributed by atoms with Gasteiger partial charge in [0.1, 0.15) is 0 Å². The summed E-state index contributed by atoms with van der Waals surface area (Å²) >= 11 is 0. The highest BCUT2D eigenvalue weighted by molar-refractivity contribution is 7.89. The molecule has 1 atom stereocenters. The van der Waals surface area contributed by atoms with Crippen LogP contribution in [0.3, 0.4) is 0 Å². The minimum absolute atomic E-state index is 0.0714. The summed E-state index contributed by atoms with van der Waals surface area (Å²) in [5, 5.41) is 3.96. The summed E-state index contributed by atoms with van der Waals surface area (Å²) in [5.74, 6) is -0.203. The Labute approximate surface area is 165 Å². The zero-order valence-electron chi connectivity index (χ0n) is 16.0. The Balaban J connectivity index is 1.62. The van der Waals surface area contributed by atoms with Gasteiger partial charge in [0, 0.05) is 35.2 Å². The minimum Gasteiger partial charge on any atom is -0.361 e. The molecule has 0 fully saturated rings. The predicted molar refractivity (Wildman–Crippen MR) is 111 cm³/mol. The molecular formula is C21H25N3O3S. The number of fused-ring (bicyclic) bond motifs is 1. The number of hydrogen-bond acceptors (Lipinski definition) is 3. The molecule has 1 unspecified atom stereocenters. The van der Waals surface area contributed by atoms with E-state index in [1.807, 2.05) is 44.3 Å². The van der Waals surface area contributed by atoms with Gasteiger partial charge in [0.25, 0.3) is 5.91 Å². The van der Waals surface area contributed by atoms with E-state index in [0.717, 1.165) is 22.9 Å². The second kappa shape index (κ2) is 8.58. The average Bonchev–Trinajstić information content (AvgIpc) is 3.11. The highest BCUT2D eigenvalue weighted by Gasteiger charge is 2.15. The standard InChI is InChI=1S/C21H25N3O3S/c1-3-15(2)24-21(25)16-8-10-18(11-9-16)28(26,27)23-13-12-17-14-22-20-7-5-4-6-19(17)20/h4-11,14-15,22-23H,3,12-13H2,1-2H3,(H,24,25). The number of para-hydroxylation sites is 1. The van der Waals surface area contributed by atoms with Crippen molar-refractivity contribution < 1.29 is 13.2 Å². The van der Waals surface area contributed by atoms with E-state index in [1.165, 1.54) is 24.3 Å². The summed E-state index contributed by atoms with van der Waals surface area (Å²) < 4.78 is 27.6. The van der Waals surface area contributed by atoms with E-state index in [2.05, 4.69) is 15.0 Å². The van der Waals surface area contributed by atoms with E-state index < -0.39 is 10.0 Å². The molecule has 1 amide bonds. The maximum absolute atomic E-state index is 12.5. The monoisotopic (exact) mass is 399 g/mol. The van der Waals surface area contributed by atoms with E-state index in [1.54, 1.807) is 0 Å². The quantitative estimate of drug-likeness (QED) is 0.543. The number of amides is 1. The van der Waals surface area contributed by atoms with Crippen molar-refractivity contribution in [2.24, 2.45) is 0 Å². The summed E-state index contributed by atoms with van der Waals surface area (Å²) in [6.45, 7) is 4.21. The highest BCUT2D eigenvalue weighted by Crippen LogP contribution is 2.18. The molecule has 1 aromatic heterocycles. The number of nitrogens with one attached hydrogen (secondary N) is 3. The first-order valence-corrected chi connectivity index (χ1v) is 10.8. The molecule has 3 N–H and O–H groups in total. The van der Waals surface area contributed by atoms with Crippen molar-refractivity contribution in [3.05, 3.63) is 65.9 Å². The van der Waals surface area contributed by atoms with Crippen LogP contribution >= 0.6 is 0 Å². The first kappa shape index (κ1) is 20.1. The van der Waals surface area contributed by atoms with E-state index >= 15 is 0 Å². The molecule has 0 spiro atoms. The van der Waals surface area contributed by atoms with Gasteiger partial charge in [-0.25, -0.2) is 13.1 Å². The normalized spacial score (nSPS) is 12.8. The average molecular weight is 400 g/mol.